The molecule has 0 heterocycles. The quantitative estimate of drug-likeness (QED) is 0.162. The van der Waals surface area contributed by atoms with E-state index in [9.17, 15) is 0 Å². The first-order chi connectivity index (χ1) is 26.4. The van der Waals surface area contributed by atoms with Crippen LogP contribution in [-0.4, -0.2) is 0 Å². The van der Waals surface area contributed by atoms with E-state index in [0.29, 0.717) is 0 Å². The molecular formula is C53H41N. The van der Waals surface area contributed by atoms with Crippen molar-refractivity contribution in [1.82, 2.24) is 0 Å². The summed E-state index contributed by atoms with van der Waals surface area (Å²) in [6.07, 6.45) is 0. The van der Waals surface area contributed by atoms with E-state index in [0.717, 1.165) is 17.1 Å². The summed E-state index contributed by atoms with van der Waals surface area (Å²) in [6, 6.07) is 65.3. The van der Waals surface area contributed by atoms with Gasteiger partial charge in [0, 0.05) is 22.5 Å². The molecule has 1 heteroatoms. The smallest absolute Gasteiger partial charge is 0.0468 e. The summed E-state index contributed by atoms with van der Waals surface area (Å²) in [5, 5.41) is 7.68. The van der Waals surface area contributed by atoms with Gasteiger partial charge < -0.3 is 4.90 Å². The highest BCUT2D eigenvalue weighted by atomic mass is 15.1. The monoisotopic (exact) mass is 691 g/mol. The number of rotatable bonds is 5. The topological polar surface area (TPSA) is 3.24 Å². The first-order valence-corrected chi connectivity index (χ1v) is 19.0. The van der Waals surface area contributed by atoms with E-state index in [1.807, 2.05) is 0 Å². The van der Waals surface area contributed by atoms with Gasteiger partial charge in [0.25, 0.3) is 0 Å². The molecule has 54 heavy (non-hydrogen) atoms. The summed E-state index contributed by atoms with van der Waals surface area (Å²) in [5.41, 5.74) is 16.3. The average molecular weight is 692 g/mol. The highest BCUT2D eigenvalue weighted by molar-refractivity contribution is 6.25. The number of aryl methyl sites for hydroxylation is 2. The summed E-state index contributed by atoms with van der Waals surface area (Å²) in [4.78, 5) is 2.44. The number of benzene rings is 9. The molecule has 0 unspecified atom stereocenters. The molecule has 1 aliphatic carbocycles. The molecule has 258 valence electrons. The SMILES string of the molecule is Cc1ccccc1-c1cc(-c2ccc(N(c3ccc4c(c3)C(C)(C)c3ccccc3-4)c3ccc4c5ccccc5c5ccccc5c4c3)cc2)ccc1C. The van der Waals surface area contributed by atoms with Crippen molar-refractivity contribution in [1.29, 1.82) is 0 Å². The van der Waals surface area contributed by atoms with Crippen LogP contribution in [0.2, 0.25) is 0 Å². The van der Waals surface area contributed by atoms with Gasteiger partial charge in [-0.2, -0.15) is 0 Å². The molecule has 9 aromatic rings. The van der Waals surface area contributed by atoms with Crippen LogP contribution in [0.5, 0.6) is 0 Å². The van der Waals surface area contributed by atoms with Crippen LogP contribution in [-0.2, 0) is 5.41 Å². The third-order valence-corrected chi connectivity index (χ3v) is 11.9. The summed E-state index contributed by atoms with van der Waals surface area (Å²) in [7, 11) is 0. The average Bonchev–Trinajstić information content (AvgIpc) is 3.44. The van der Waals surface area contributed by atoms with Crippen LogP contribution in [0.1, 0.15) is 36.1 Å². The second-order valence-corrected chi connectivity index (χ2v) is 15.4. The Balaban J connectivity index is 1.15. The molecule has 0 amide bonds. The minimum atomic E-state index is -0.101. The fourth-order valence-electron chi connectivity index (χ4n) is 9.08. The number of fused-ring (bicyclic) bond motifs is 9. The van der Waals surface area contributed by atoms with Gasteiger partial charge in [-0.25, -0.2) is 0 Å². The number of hydrogen-bond acceptors (Lipinski definition) is 1. The molecule has 0 bridgehead atoms. The Labute approximate surface area is 317 Å². The molecule has 1 aliphatic rings. The largest absolute Gasteiger partial charge is 0.310 e. The van der Waals surface area contributed by atoms with Crippen molar-refractivity contribution in [3.05, 3.63) is 198 Å². The number of hydrogen-bond donors (Lipinski definition) is 0. The summed E-state index contributed by atoms with van der Waals surface area (Å²) in [5.74, 6) is 0. The van der Waals surface area contributed by atoms with Crippen LogP contribution in [0.4, 0.5) is 17.1 Å². The van der Waals surface area contributed by atoms with Gasteiger partial charge in [-0.3, -0.25) is 0 Å². The second-order valence-electron chi connectivity index (χ2n) is 15.4. The zero-order valence-corrected chi connectivity index (χ0v) is 31.2. The lowest BCUT2D eigenvalue weighted by atomic mass is 9.82. The fraction of sp³-hybridized carbons (Fsp3) is 0.0943. The van der Waals surface area contributed by atoms with E-state index in [1.54, 1.807) is 0 Å². The van der Waals surface area contributed by atoms with E-state index >= 15 is 0 Å². The Bertz CT molecular complexity index is 2890. The van der Waals surface area contributed by atoms with Crippen molar-refractivity contribution in [2.24, 2.45) is 0 Å². The zero-order chi connectivity index (χ0) is 36.6. The highest BCUT2D eigenvalue weighted by Gasteiger charge is 2.35. The predicted octanol–water partition coefficient (Wildman–Crippen LogP) is 14.9. The molecule has 0 saturated carbocycles. The van der Waals surface area contributed by atoms with E-state index in [-0.39, 0.29) is 5.41 Å². The van der Waals surface area contributed by atoms with Gasteiger partial charge in [0.2, 0.25) is 0 Å². The lowest BCUT2D eigenvalue weighted by molar-refractivity contribution is 0.660. The van der Waals surface area contributed by atoms with Gasteiger partial charge >= 0.3 is 0 Å². The molecule has 0 aromatic heterocycles. The number of anilines is 3. The van der Waals surface area contributed by atoms with Gasteiger partial charge in [-0.05, 0) is 144 Å². The van der Waals surface area contributed by atoms with Gasteiger partial charge in [-0.15, -0.1) is 0 Å². The maximum absolute atomic E-state index is 2.44. The van der Waals surface area contributed by atoms with Gasteiger partial charge in [0.1, 0.15) is 0 Å². The maximum Gasteiger partial charge on any atom is 0.0468 e. The third-order valence-electron chi connectivity index (χ3n) is 11.9. The van der Waals surface area contributed by atoms with Crippen molar-refractivity contribution >= 4 is 49.4 Å². The van der Waals surface area contributed by atoms with E-state index < -0.39 is 0 Å². The van der Waals surface area contributed by atoms with Gasteiger partial charge in [-0.1, -0.05) is 147 Å². The van der Waals surface area contributed by atoms with Gasteiger partial charge in [0.15, 0.2) is 0 Å². The molecule has 0 atom stereocenters. The van der Waals surface area contributed by atoms with Crippen LogP contribution < -0.4 is 4.90 Å². The van der Waals surface area contributed by atoms with Crippen molar-refractivity contribution in [2.45, 2.75) is 33.1 Å². The molecule has 0 N–H and O–H groups in total. The van der Waals surface area contributed by atoms with E-state index in [4.69, 9.17) is 0 Å². The molecule has 0 spiro atoms. The summed E-state index contributed by atoms with van der Waals surface area (Å²) >= 11 is 0. The van der Waals surface area contributed by atoms with Crippen molar-refractivity contribution in [3.63, 3.8) is 0 Å². The Morgan fingerprint density at radius 3 is 1.54 bits per heavy atom. The lowest BCUT2D eigenvalue weighted by Crippen LogP contribution is -2.16. The fourth-order valence-corrected chi connectivity index (χ4v) is 9.08. The lowest BCUT2D eigenvalue weighted by Gasteiger charge is -2.28. The second kappa shape index (κ2) is 12.3. The first kappa shape index (κ1) is 32.2. The first-order valence-electron chi connectivity index (χ1n) is 19.0. The van der Waals surface area contributed by atoms with Crippen LogP contribution in [0, 0.1) is 13.8 Å². The predicted molar refractivity (Wildman–Crippen MR) is 232 cm³/mol. The molecule has 1 nitrogen and oxygen atoms in total. The van der Waals surface area contributed by atoms with Gasteiger partial charge in [0.05, 0.1) is 0 Å². The Morgan fingerprint density at radius 1 is 0.333 bits per heavy atom. The molecule has 10 rings (SSSR count). The minimum absolute atomic E-state index is 0.101. The highest BCUT2D eigenvalue weighted by Crippen LogP contribution is 2.51. The Hall–Kier alpha value is -6.44. The van der Waals surface area contributed by atoms with Crippen molar-refractivity contribution in [2.75, 3.05) is 4.90 Å². The standard InChI is InChI=1S/C53H41N/c1-34-13-5-6-14-41(34)49-31-37(22-21-35(49)2)36-23-25-38(26-24-36)54(40-28-30-48-47-19-11-12-20-51(47)53(3,4)52(48)33-40)39-27-29-46-44-17-8-7-15-42(44)43-16-9-10-18-45(43)50(46)32-39/h5-33H,1-4H3. The third kappa shape index (κ3) is 5.00. The van der Waals surface area contributed by atoms with E-state index in [2.05, 4.69) is 209 Å². The van der Waals surface area contributed by atoms with Crippen molar-refractivity contribution in [3.8, 4) is 33.4 Å². The molecule has 0 aliphatic heterocycles. The van der Waals surface area contributed by atoms with Crippen LogP contribution in [0.25, 0.3) is 65.7 Å². The molecule has 0 radical (unpaired) electrons. The maximum atomic E-state index is 2.44. The number of nitrogens with zero attached hydrogens (tertiary/aromatic N) is 1. The summed E-state index contributed by atoms with van der Waals surface area (Å²) < 4.78 is 0. The Morgan fingerprint density at radius 2 is 0.833 bits per heavy atom. The van der Waals surface area contributed by atoms with Crippen LogP contribution >= 0.6 is 0 Å². The molecule has 0 saturated heterocycles. The van der Waals surface area contributed by atoms with E-state index in [1.165, 1.54) is 88.0 Å². The normalized spacial score (nSPS) is 13.0. The molecule has 0 fully saturated rings. The summed E-state index contributed by atoms with van der Waals surface area (Å²) in [6.45, 7) is 9.13. The minimum Gasteiger partial charge on any atom is -0.310 e. The Kier molecular flexibility index (Phi) is 7.35. The molecular weight excluding hydrogens is 651 g/mol. The zero-order valence-electron chi connectivity index (χ0n) is 31.2. The van der Waals surface area contributed by atoms with Crippen LogP contribution in [0.15, 0.2) is 176 Å². The van der Waals surface area contributed by atoms with Crippen LogP contribution in [0.3, 0.4) is 0 Å². The molecule has 9 aromatic carbocycles. The van der Waals surface area contributed by atoms with Crippen molar-refractivity contribution < 1.29 is 0 Å².